The predicted octanol–water partition coefficient (Wildman–Crippen LogP) is 2.79. The molecule has 0 aliphatic rings. The predicted molar refractivity (Wildman–Crippen MR) is 78.3 cm³/mol. The highest BCUT2D eigenvalue weighted by atomic mass is 35.5. The van der Waals surface area contributed by atoms with Gasteiger partial charge in [-0.3, -0.25) is 9.69 Å². The van der Waals surface area contributed by atoms with E-state index in [-0.39, 0.29) is 0 Å². The van der Waals surface area contributed by atoms with Crippen LogP contribution >= 0.6 is 23.2 Å². The van der Waals surface area contributed by atoms with Gasteiger partial charge in [-0.15, -0.1) is 0 Å². The van der Waals surface area contributed by atoms with Crippen LogP contribution in [0.25, 0.3) is 5.65 Å². The van der Waals surface area contributed by atoms with Gasteiger partial charge in [0.1, 0.15) is 0 Å². The Balaban J connectivity index is 2.14. The summed E-state index contributed by atoms with van der Waals surface area (Å²) in [6.45, 7) is 2.68. The van der Waals surface area contributed by atoms with Gasteiger partial charge in [0, 0.05) is 25.5 Å². The van der Waals surface area contributed by atoms with Gasteiger partial charge in [-0.05, 0) is 13.1 Å². The average Bonchev–Trinajstić information content (AvgIpc) is 2.71. The molecule has 0 aromatic carbocycles. The third kappa shape index (κ3) is 3.42. The first-order valence-electron chi connectivity index (χ1n) is 6.11. The van der Waals surface area contributed by atoms with Crippen molar-refractivity contribution in [3.8, 4) is 0 Å². The number of pyridine rings is 1. The number of nitrogens with zero attached hydrogens (tertiary/aromatic N) is 3. The van der Waals surface area contributed by atoms with Crippen LogP contribution < -0.4 is 0 Å². The number of carboxylic acid groups (broad SMARTS) is 1. The number of rotatable bonds is 5. The average molecular weight is 316 g/mol. The molecule has 0 bridgehead atoms. The molecule has 1 N–H and O–H groups in total. The first kappa shape index (κ1) is 15.1. The van der Waals surface area contributed by atoms with Gasteiger partial charge in [0.05, 0.1) is 21.7 Å². The summed E-state index contributed by atoms with van der Waals surface area (Å²) in [5, 5.41) is 9.93. The quantitative estimate of drug-likeness (QED) is 0.921. The Hall–Kier alpha value is -1.30. The van der Waals surface area contributed by atoms with Crippen molar-refractivity contribution in [1.29, 1.82) is 0 Å². The number of hydrogen-bond donors (Lipinski definition) is 1. The van der Waals surface area contributed by atoms with E-state index in [1.807, 2.05) is 18.1 Å². The zero-order valence-electron chi connectivity index (χ0n) is 11.2. The fourth-order valence-electron chi connectivity index (χ4n) is 2.04. The summed E-state index contributed by atoms with van der Waals surface area (Å²) in [4.78, 5) is 17.2. The molecule has 2 heterocycles. The maximum Gasteiger partial charge on any atom is 0.307 e. The van der Waals surface area contributed by atoms with Crippen LogP contribution in [0, 0.1) is 5.92 Å². The molecule has 0 fully saturated rings. The number of aliphatic carboxylic acids is 1. The van der Waals surface area contributed by atoms with Gasteiger partial charge in [-0.1, -0.05) is 30.1 Å². The minimum absolute atomic E-state index is 0.421. The van der Waals surface area contributed by atoms with E-state index in [9.17, 15) is 4.79 Å². The minimum Gasteiger partial charge on any atom is -0.481 e. The number of hydrogen-bond acceptors (Lipinski definition) is 3. The first-order chi connectivity index (χ1) is 9.36. The molecule has 2 rings (SSSR count). The molecule has 1 atom stereocenters. The highest BCUT2D eigenvalue weighted by Crippen LogP contribution is 2.22. The van der Waals surface area contributed by atoms with Crippen molar-refractivity contribution < 1.29 is 9.90 Å². The molecule has 2 aromatic heterocycles. The summed E-state index contributed by atoms with van der Waals surface area (Å²) in [6, 6.07) is 1.64. The highest BCUT2D eigenvalue weighted by Gasteiger charge is 2.15. The van der Waals surface area contributed by atoms with Crippen LogP contribution in [0.5, 0.6) is 0 Å². The van der Waals surface area contributed by atoms with E-state index >= 15 is 0 Å². The molecule has 0 radical (unpaired) electrons. The lowest BCUT2D eigenvalue weighted by molar-refractivity contribution is -0.141. The van der Waals surface area contributed by atoms with Crippen molar-refractivity contribution in [1.82, 2.24) is 14.3 Å². The lowest BCUT2D eigenvalue weighted by Crippen LogP contribution is -2.28. The van der Waals surface area contributed by atoms with Crippen molar-refractivity contribution in [3.63, 3.8) is 0 Å². The smallest absolute Gasteiger partial charge is 0.307 e. The Kier molecular flexibility index (Phi) is 4.52. The molecule has 0 amide bonds. The monoisotopic (exact) mass is 315 g/mol. The second-order valence-corrected chi connectivity index (χ2v) is 5.75. The molecule has 2 aromatic rings. The van der Waals surface area contributed by atoms with E-state index in [1.54, 1.807) is 23.6 Å². The zero-order valence-corrected chi connectivity index (χ0v) is 12.7. The Morgan fingerprint density at radius 3 is 2.85 bits per heavy atom. The number of carboxylic acids is 1. The molecule has 0 spiro atoms. The van der Waals surface area contributed by atoms with Crippen LogP contribution in [0.2, 0.25) is 10.0 Å². The molecule has 0 aliphatic heterocycles. The number of halogens is 2. The van der Waals surface area contributed by atoms with Crippen LogP contribution in [0.3, 0.4) is 0 Å². The molecular weight excluding hydrogens is 301 g/mol. The summed E-state index contributed by atoms with van der Waals surface area (Å²) >= 11 is 12.0. The van der Waals surface area contributed by atoms with Crippen LogP contribution in [-0.2, 0) is 11.3 Å². The number of carbonyl (C=O) groups is 1. The van der Waals surface area contributed by atoms with E-state index in [1.165, 1.54) is 0 Å². The molecular formula is C13H15Cl2N3O2. The van der Waals surface area contributed by atoms with Crippen molar-refractivity contribution in [3.05, 3.63) is 34.2 Å². The molecule has 0 saturated carbocycles. The van der Waals surface area contributed by atoms with Crippen molar-refractivity contribution >= 4 is 34.8 Å². The van der Waals surface area contributed by atoms with Gasteiger partial charge in [-0.25, -0.2) is 4.98 Å². The Morgan fingerprint density at radius 1 is 1.50 bits per heavy atom. The molecule has 0 aliphatic carbocycles. The van der Waals surface area contributed by atoms with E-state index in [4.69, 9.17) is 28.3 Å². The van der Waals surface area contributed by atoms with E-state index in [2.05, 4.69) is 4.98 Å². The molecule has 5 nitrogen and oxygen atoms in total. The van der Waals surface area contributed by atoms with E-state index in [0.29, 0.717) is 28.8 Å². The second kappa shape index (κ2) is 5.99. The molecule has 20 heavy (non-hydrogen) atoms. The van der Waals surface area contributed by atoms with Crippen LogP contribution in [-0.4, -0.2) is 39.0 Å². The maximum absolute atomic E-state index is 10.8. The maximum atomic E-state index is 10.8. The number of fused-ring (bicyclic) bond motifs is 1. The summed E-state index contributed by atoms with van der Waals surface area (Å²) < 4.78 is 1.77. The lowest BCUT2D eigenvalue weighted by atomic mass is 10.2. The zero-order chi connectivity index (χ0) is 14.9. The van der Waals surface area contributed by atoms with Gasteiger partial charge in [0.25, 0.3) is 0 Å². The van der Waals surface area contributed by atoms with E-state index in [0.717, 1.165) is 5.69 Å². The lowest BCUT2D eigenvalue weighted by Gasteiger charge is -2.17. The summed E-state index contributed by atoms with van der Waals surface area (Å²) in [6.07, 6.45) is 3.58. The normalized spacial score (nSPS) is 13.1. The Labute approximate surface area is 126 Å². The van der Waals surface area contributed by atoms with Gasteiger partial charge < -0.3 is 9.51 Å². The molecule has 7 heteroatoms. The fourth-order valence-corrected chi connectivity index (χ4v) is 2.57. The Morgan fingerprint density at radius 2 is 2.20 bits per heavy atom. The first-order valence-corrected chi connectivity index (χ1v) is 6.86. The third-order valence-electron chi connectivity index (χ3n) is 2.96. The van der Waals surface area contributed by atoms with Crippen LogP contribution in [0.15, 0.2) is 18.5 Å². The summed E-state index contributed by atoms with van der Waals surface area (Å²) in [5.74, 6) is -1.23. The van der Waals surface area contributed by atoms with Crippen molar-refractivity contribution in [2.75, 3.05) is 13.6 Å². The van der Waals surface area contributed by atoms with Crippen LogP contribution in [0.1, 0.15) is 12.6 Å². The van der Waals surface area contributed by atoms with Gasteiger partial charge in [-0.2, -0.15) is 0 Å². The van der Waals surface area contributed by atoms with Crippen LogP contribution in [0.4, 0.5) is 0 Å². The topological polar surface area (TPSA) is 57.8 Å². The minimum atomic E-state index is -0.804. The van der Waals surface area contributed by atoms with Gasteiger partial charge in [0.15, 0.2) is 5.65 Å². The van der Waals surface area contributed by atoms with E-state index < -0.39 is 11.9 Å². The van der Waals surface area contributed by atoms with Gasteiger partial charge in [0.2, 0.25) is 0 Å². The highest BCUT2D eigenvalue weighted by molar-refractivity contribution is 6.36. The summed E-state index contributed by atoms with van der Waals surface area (Å²) in [7, 11) is 1.86. The molecule has 108 valence electrons. The number of aromatic nitrogens is 2. The third-order valence-corrected chi connectivity index (χ3v) is 3.45. The van der Waals surface area contributed by atoms with Crippen molar-refractivity contribution in [2.45, 2.75) is 13.5 Å². The fraction of sp³-hybridized carbons (Fsp3) is 0.385. The van der Waals surface area contributed by atoms with Crippen molar-refractivity contribution in [2.24, 2.45) is 5.92 Å². The largest absolute Gasteiger partial charge is 0.481 e. The molecule has 1 unspecified atom stereocenters. The second-order valence-electron chi connectivity index (χ2n) is 4.91. The molecule has 0 saturated heterocycles. The standard InChI is InChI=1S/C13H15Cl2N3O2/c1-8(13(19)20)4-17(2)6-10-7-18-5-9(14)3-11(15)12(18)16-10/h3,5,7-8H,4,6H2,1-2H3,(H,19,20). The Bertz CT molecular complexity index is 642. The SMILES string of the molecule is CC(CN(C)Cc1cn2cc(Cl)cc(Cl)c2n1)C(=O)O. The van der Waals surface area contributed by atoms with Gasteiger partial charge >= 0.3 is 5.97 Å². The summed E-state index contributed by atoms with van der Waals surface area (Å²) in [5.41, 5.74) is 1.46. The number of imidazole rings is 1.